The fourth-order valence-electron chi connectivity index (χ4n) is 2.90. The van der Waals surface area contributed by atoms with Gasteiger partial charge in [-0.25, -0.2) is 0 Å². The molecule has 6 nitrogen and oxygen atoms in total. The Morgan fingerprint density at radius 2 is 2.10 bits per heavy atom. The van der Waals surface area contributed by atoms with Crippen molar-refractivity contribution in [1.29, 1.82) is 0 Å². The van der Waals surface area contributed by atoms with Crippen LogP contribution in [0, 0.1) is 5.41 Å². The maximum absolute atomic E-state index is 9.73. The molecule has 0 bridgehead atoms. The van der Waals surface area contributed by atoms with Crippen molar-refractivity contribution in [3.8, 4) is 0 Å². The van der Waals surface area contributed by atoms with E-state index in [-0.39, 0.29) is 17.8 Å². The zero-order valence-electron chi connectivity index (χ0n) is 12.0. The highest BCUT2D eigenvalue weighted by atomic mass is 35.5. The Morgan fingerprint density at radius 1 is 1.45 bits per heavy atom. The Kier molecular flexibility index (Phi) is 6.42. The lowest BCUT2D eigenvalue weighted by atomic mass is 9.86. The average Bonchev–Trinajstić information content (AvgIpc) is 2.86. The number of hydrogen-bond donors (Lipinski definition) is 3. The molecule has 0 spiro atoms. The van der Waals surface area contributed by atoms with Gasteiger partial charge in [0.2, 0.25) is 0 Å². The number of halogens is 1. The Balaban J connectivity index is 0.00000200. The minimum Gasteiger partial charge on any atom is -0.390 e. The van der Waals surface area contributed by atoms with Gasteiger partial charge in [-0.2, -0.15) is 5.10 Å². The van der Waals surface area contributed by atoms with Gasteiger partial charge in [0.15, 0.2) is 0 Å². The van der Waals surface area contributed by atoms with Crippen LogP contribution in [0.15, 0.2) is 12.4 Å². The Labute approximate surface area is 125 Å². The normalized spacial score (nSPS) is 29.4. The number of nitrogens with zero attached hydrogens (tertiary/aromatic N) is 2. The average molecular weight is 306 g/mol. The van der Waals surface area contributed by atoms with Crippen LogP contribution in [0.5, 0.6) is 0 Å². The van der Waals surface area contributed by atoms with E-state index in [2.05, 4.69) is 10.4 Å². The van der Waals surface area contributed by atoms with E-state index in [0.717, 1.165) is 12.1 Å². The van der Waals surface area contributed by atoms with Crippen molar-refractivity contribution in [3.63, 3.8) is 0 Å². The van der Waals surface area contributed by atoms with Crippen molar-refractivity contribution in [2.75, 3.05) is 20.3 Å². The van der Waals surface area contributed by atoms with Crippen LogP contribution >= 0.6 is 12.4 Å². The summed E-state index contributed by atoms with van der Waals surface area (Å²) in [5.74, 6) is 0. The monoisotopic (exact) mass is 305 g/mol. The van der Waals surface area contributed by atoms with Gasteiger partial charge in [-0.15, -0.1) is 12.4 Å². The highest BCUT2D eigenvalue weighted by molar-refractivity contribution is 5.85. The van der Waals surface area contributed by atoms with E-state index in [1.54, 1.807) is 11.8 Å². The summed E-state index contributed by atoms with van der Waals surface area (Å²) in [5.41, 5.74) is 0.935. The SMILES string of the molecule is COCC1(CNCc2cnn(C)c2)C[C@@H](O)[C@@H](O)C1.Cl. The quantitative estimate of drug-likeness (QED) is 0.694. The van der Waals surface area contributed by atoms with E-state index in [4.69, 9.17) is 4.74 Å². The summed E-state index contributed by atoms with van der Waals surface area (Å²) >= 11 is 0. The van der Waals surface area contributed by atoms with E-state index in [1.165, 1.54) is 0 Å². The van der Waals surface area contributed by atoms with Crippen molar-refractivity contribution in [2.45, 2.75) is 31.6 Å². The first kappa shape index (κ1) is 17.4. The Bertz CT molecular complexity index is 403. The van der Waals surface area contributed by atoms with Crippen LogP contribution in [0.4, 0.5) is 0 Å². The Morgan fingerprint density at radius 3 is 2.60 bits per heavy atom. The van der Waals surface area contributed by atoms with Crippen molar-refractivity contribution < 1.29 is 14.9 Å². The van der Waals surface area contributed by atoms with Crippen LogP contribution in [-0.2, 0) is 18.3 Å². The zero-order chi connectivity index (χ0) is 13.9. The van der Waals surface area contributed by atoms with E-state index < -0.39 is 12.2 Å². The maximum atomic E-state index is 9.73. The summed E-state index contributed by atoms with van der Waals surface area (Å²) < 4.78 is 7.02. The van der Waals surface area contributed by atoms with Gasteiger partial charge in [0.25, 0.3) is 0 Å². The topological polar surface area (TPSA) is 79.5 Å². The number of methoxy groups -OCH3 is 1. The van der Waals surface area contributed by atoms with Crippen molar-refractivity contribution in [1.82, 2.24) is 15.1 Å². The van der Waals surface area contributed by atoms with Gasteiger partial charge in [-0.05, 0) is 12.8 Å². The minimum atomic E-state index is -0.643. The van der Waals surface area contributed by atoms with Gasteiger partial charge >= 0.3 is 0 Å². The van der Waals surface area contributed by atoms with Crippen molar-refractivity contribution >= 4 is 12.4 Å². The molecule has 1 fully saturated rings. The van der Waals surface area contributed by atoms with Gasteiger partial charge in [-0.1, -0.05) is 0 Å². The first-order valence-corrected chi connectivity index (χ1v) is 6.58. The largest absolute Gasteiger partial charge is 0.390 e. The lowest BCUT2D eigenvalue weighted by Gasteiger charge is -2.28. The second-order valence-electron chi connectivity index (χ2n) is 5.60. The van der Waals surface area contributed by atoms with Gasteiger partial charge in [-0.3, -0.25) is 4.68 Å². The summed E-state index contributed by atoms with van der Waals surface area (Å²) in [6.07, 6.45) is 3.65. The van der Waals surface area contributed by atoms with Crippen LogP contribution in [0.25, 0.3) is 0 Å². The molecule has 1 aliphatic carbocycles. The van der Waals surface area contributed by atoms with Gasteiger partial charge in [0.1, 0.15) is 0 Å². The van der Waals surface area contributed by atoms with E-state index in [1.807, 2.05) is 19.4 Å². The molecule has 3 N–H and O–H groups in total. The van der Waals surface area contributed by atoms with Gasteiger partial charge < -0.3 is 20.3 Å². The first-order valence-electron chi connectivity index (χ1n) is 6.58. The number of rotatable bonds is 6. The molecule has 1 aromatic heterocycles. The molecule has 0 amide bonds. The zero-order valence-corrected chi connectivity index (χ0v) is 12.8. The molecular weight excluding hydrogens is 282 g/mol. The molecule has 1 aliphatic rings. The molecule has 1 unspecified atom stereocenters. The first-order chi connectivity index (χ1) is 9.04. The number of ether oxygens (including phenoxy) is 1. The van der Waals surface area contributed by atoms with E-state index in [0.29, 0.717) is 26.0 Å². The van der Waals surface area contributed by atoms with Crippen molar-refractivity contribution in [2.24, 2.45) is 12.5 Å². The maximum Gasteiger partial charge on any atom is 0.0806 e. The number of nitrogens with one attached hydrogen (secondary N) is 1. The summed E-state index contributed by atoms with van der Waals surface area (Å²) in [7, 11) is 3.54. The molecule has 116 valence electrons. The molecule has 0 aliphatic heterocycles. The van der Waals surface area contributed by atoms with Crippen LogP contribution in [0.2, 0.25) is 0 Å². The number of aliphatic hydroxyl groups is 2. The fourth-order valence-corrected chi connectivity index (χ4v) is 2.90. The predicted octanol–water partition coefficient (Wildman–Crippen LogP) is 0.0799. The lowest BCUT2D eigenvalue weighted by Crippen LogP contribution is -2.36. The molecule has 0 aromatic carbocycles. The van der Waals surface area contributed by atoms with Gasteiger partial charge in [0.05, 0.1) is 25.0 Å². The highest BCUT2D eigenvalue weighted by Gasteiger charge is 2.43. The number of aryl methyl sites for hydroxylation is 1. The molecule has 0 radical (unpaired) electrons. The minimum absolute atomic E-state index is 0. The standard InChI is InChI=1S/C13H23N3O3.ClH/c1-16-7-10(6-15-16)5-14-8-13(9-19-2)3-11(17)12(18)4-13;/h6-7,11-12,14,17-18H,3-5,8-9H2,1-2H3;1H/t11-,12+,13?;. The molecule has 0 saturated heterocycles. The summed E-state index contributed by atoms with van der Waals surface area (Å²) in [5, 5.41) is 27.0. The molecule has 1 heterocycles. The van der Waals surface area contributed by atoms with Crippen LogP contribution in [0.3, 0.4) is 0 Å². The molecule has 2 rings (SSSR count). The third-order valence-electron chi connectivity index (χ3n) is 3.77. The molecule has 7 heteroatoms. The molecule has 3 atom stereocenters. The third kappa shape index (κ3) is 4.17. The van der Waals surface area contributed by atoms with Crippen molar-refractivity contribution in [3.05, 3.63) is 18.0 Å². The van der Waals surface area contributed by atoms with Crippen LogP contribution in [0.1, 0.15) is 18.4 Å². The van der Waals surface area contributed by atoms with Gasteiger partial charge in [0, 0.05) is 44.4 Å². The summed E-state index contributed by atoms with van der Waals surface area (Å²) in [6.45, 7) is 1.98. The van der Waals surface area contributed by atoms with Crippen LogP contribution in [-0.4, -0.2) is 52.5 Å². The lowest BCUT2D eigenvalue weighted by molar-refractivity contribution is 0.0438. The second-order valence-corrected chi connectivity index (χ2v) is 5.60. The molecule has 1 aromatic rings. The smallest absolute Gasteiger partial charge is 0.0806 e. The number of aliphatic hydroxyl groups excluding tert-OH is 2. The second kappa shape index (κ2) is 7.38. The number of aromatic nitrogens is 2. The number of hydrogen-bond acceptors (Lipinski definition) is 5. The molecule has 20 heavy (non-hydrogen) atoms. The third-order valence-corrected chi connectivity index (χ3v) is 3.77. The summed E-state index contributed by atoms with van der Waals surface area (Å²) in [4.78, 5) is 0. The summed E-state index contributed by atoms with van der Waals surface area (Å²) in [6, 6.07) is 0. The van der Waals surface area contributed by atoms with E-state index >= 15 is 0 Å². The molecule has 1 saturated carbocycles. The Hall–Kier alpha value is -0.660. The highest BCUT2D eigenvalue weighted by Crippen LogP contribution is 2.38. The predicted molar refractivity (Wildman–Crippen MR) is 77.7 cm³/mol. The fraction of sp³-hybridized carbons (Fsp3) is 0.769. The molecular formula is C13H24ClN3O3. The van der Waals surface area contributed by atoms with E-state index in [9.17, 15) is 10.2 Å². The van der Waals surface area contributed by atoms with Crippen LogP contribution < -0.4 is 5.32 Å².